The summed E-state index contributed by atoms with van der Waals surface area (Å²) in [5.74, 6) is 2.17. The first-order valence-electron chi connectivity index (χ1n) is 8.25. The van der Waals surface area contributed by atoms with Crippen molar-refractivity contribution in [1.82, 2.24) is 4.98 Å². The van der Waals surface area contributed by atoms with E-state index in [-0.39, 0.29) is 6.04 Å². The smallest absolute Gasteiger partial charge is 0.146 e. The fraction of sp³-hybridized carbons (Fsp3) is 0.421. The summed E-state index contributed by atoms with van der Waals surface area (Å²) in [7, 11) is 0. The molecule has 2 aromatic rings. The Hall–Kier alpha value is -1.72. The predicted octanol–water partition coefficient (Wildman–Crippen LogP) is 4.12. The molecule has 1 aliphatic rings. The van der Waals surface area contributed by atoms with Gasteiger partial charge in [-0.15, -0.1) is 11.8 Å². The summed E-state index contributed by atoms with van der Waals surface area (Å²) in [5, 5.41) is 0.996. The predicted molar refractivity (Wildman–Crippen MR) is 98.7 cm³/mol. The molecule has 128 valence electrons. The number of ether oxygens (including phenoxy) is 2. The monoisotopic (exact) mass is 344 g/mol. The fourth-order valence-corrected chi connectivity index (χ4v) is 3.39. The molecule has 1 aliphatic heterocycles. The minimum absolute atomic E-state index is 0.205. The van der Waals surface area contributed by atoms with Crippen molar-refractivity contribution < 1.29 is 9.47 Å². The van der Waals surface area contributed by atoms with Crippen LogP contribution in [0.3, 0.4) is 0 Å². The van der Waals surface area contributed by atoms with Crippen LogP contribution in [0.1, 0.15) is 25.8 Å². The average Bonchev–Trinajstić information content (AvgIpc) is 2.58. The summed E-state index contributed by atoms with van der Waals surface area (Å²) >= 11 is 1.63. The van der Waals surface area contributed by atoms with E-state index in [1.54, 1.807) is 11.8 Å². The quantitative estimate of drug-likeness (QED) is 0.799. The zero-order chi connectivity index (χ0) is 17.1. The van der Waals surface area contributed by atoms with Crippen molar-refractivity contribution in [3.63, 3.8) is 0 Å². The summed E-state index contributed by atoms with van der Waals surface area (Å²) in [6.07, 6.45) is 4.80. The summed E-state index contributed by atoms with van der Waals surface area (Å²) in [4.78, 5) is 4.38. The van der Waals surface area contributed by atoms with E-state index < -0.39 is 0 Å². The Morgan fingerprint density at radius 1 is 1.29 bits per heavy atom. The first-order valence-corrected chi connectivity index (χ1v) is 9.47. The van der Waals surface area contributed by atoms with Gasteiger partial charge in [-0.25, -0.2) is 4.98 Å². The fourth-order valence-electron chi connectivity index (χ4n) is 3.00. The summed E-state index contributed by atoms with van der Waals surface area (Å²) < 4.78 is 11.8. The van der Waals surface area contributed by atoms with Gasteiger partial charge in [0.1, 0.15) is 18.1 Å². The van der Waals surface area contributed by atoms with E-state index in [1.807, 2.05) is 25.4 Å². The first-order chi connectivity index (χ1) is 11.6. The largest absolute Gasteiger partial charge is 0.493 e. The van der Waals surface area contributed by atoms with Crippen molar-refractivity contribution >= 4 is 11.8 Å². The van der Waals surface area contributed by atoms with Crippen LogP contribution in [0.5, 0.6) is 11.5 Å². The highest BCUT2D eigenvalue weighted by molar-refractivity contribution is 7.98. The van der Waals surface area contributed by atoms with E-state index >= 15 is 0 Å². The highest BCUT2D eigenvalue weighted by atomic mass is 32.2. The van der Waals surface area contributed by atoms with E-state index in [4.69, 9.17) is 15.2 Å². The number of thioether (sulfide) groups is 1. The number of nitrogens with two attached hydrogens (primary N) is 1. The Morgan fingerprint density at radius 3 is 2.88 bits per heavy atom. The number of rotatable bonds is 6. The third kappa shape index (κ3) is 3.84. The van der Waals surface area contributed by atoms with Gasteiger partial charge in [-0.05, 0) is 49.3 Å². The molecule has 0 spiro atoms. The van der Waals surface area contributed by atoms with Crippen molar-refractivity contribution in [2.24, 2.45) is 11.7 Å². The molecule has 2 heterocycles. The summed E-state index contributed by atoms with van der Waals surface area (Å²) in [6, 6.07) is 8.52. The Balaban J connectivity index is 1.77. The molecule has 0 radical (unpaired) electrons. The van der Waals surface area contributed by atoms with Crippen molar-refractivity contribution in [2.45, 2.75) is 37.9 Å². The molecular formula is C19H24N2O2S. The molecule has 5 heteroatoms. The standard InChI is InChI=1S/C19H24N2O2S/c1-12(6-13(2)20)10-22-15-4-5-16-14(7-15)11-23-18-9-21-19(24-3)8-17(16)18/h4-5,7-9,12-13H,6,10-11,20H2,1-3H3. The molecule has 3 rings (SSSR count). The maximum absolute atomic E-state index is 5.94. The van der Waals surface area contributed by atoms with Gasteiger partial charge in [-0.2, -0.15) is 0 Å². The normalized spacial score (nSPS) is 15.0. The van der Waals surface area contributed by atoms with Crippen LogP contribution in [0.15, 0.2) is 35.5 Å². The van der Waals surface area contributed by atoms with E-state index in [2.05, 4.69) is 30.1 Å². The van der Waals surface area contributed by atoms with Gasteiger partial charge in [0.25, 0.3) is 0 Å². The molecule has 0 saturated carbocycles. The number of pyridine rings is 1. The molecule has 2 N–H and O–H groups in total. The molecule has 4 nitrogen and oxygen atoms in total. The van der Waals surface area contributed by atoms with Crippen LogP contribution in [0.2, 0.25) is 0 Å². The van der Waals surface area contributed by atoms with Gasteiger partial charge in [0.15, 0.2) is 0 Å². The molecule has 2 atom stereocenters. The Kier molecular flexibility index (Phi) is 5.31. The van der Waals surface area contributed by atoms with Crippen LogP contribution >= 0.6 is 11.8 Å². The lowest BCUT2D eigenvalue weighted by Gasteiger charge is -2.22. The molecule has 1 aromatic carbocycles. The highest BCUT2D eigenvalue weighted by Gasteiger charge is 2.19. The molecule has 0 amide bonds. The van der Waals surface area contributed by atoms with Gasteiger partial charge in [-0.1, -0.05) is 13.0 Å². The van der Waals surface area contributed by atoms with Crippen molar-refractivity contribution in [3.8, 4) is 22.6 Å². The molecular weight excluding hydrogens is 320 g/mol. The molecule has 1 aromatic heterocycles. The van der Waals surface area contributed by atoms with Crippen LogP contribution in [-0.4, -0.2) is 23.9 Å². The summed E-state index contributed by atoms with van der Waals surface area (Å²) in [6.45, 7) is 5.42. The number of nitrogens with zero attached hydrogens (tertiary/aromatic N) is 1. The number of benzene rings is 1. The lowest BCUT2D eigenvalue weighted by atomic mass is 9.98. The molecule has 2 unspecified atom stereocenters. The zero-order valence-electron chi connectivity index (χ0n) is 14.4. The molecule has 24 heavy (non-hydrogen) atoms. The minimum Gasteiger partial charge on any atom is -0.493 e. The zero-order valence-corrected chi connectivity index (χ0v) is 15.2. The van der Waals surface area contributed by atoms with Gasteiger partial charge in [0, 0.05) is 17.2 Å². The number of fused-ring (bicyclic) bond motifs is 3. The second-order valence-electron chi connectivity index (χ2n) is 6.46. The Labute approximate surface area is 147 Å². The van der Waals surface area contributed by atoms with Crippen LogP contribution in [-0.2, 0) is 6.61 Å². The summed E-state index contributed by atoms with van der Waals surface area (Å²) in [5.41, 5.74) is 9.30. The number of hydrogen-bond donors (Lipinski definition) is 1. The van der Waals surface area contributed by atoms with Gasteiger partial charge in [-0.3, -0.25) is 0 Å². The second-order valence-corrected chi connectivity index (χ2v) is 7.29. The molecule has 0 aliphatic carbocycles. The topological polar surface area (TPSA) is 57.4 Å². The highest BCUT2D eigenvalue weighted by Crippen LogP contribution is 2.39. The third-order valence-corrected chi connectivity index (χ3v) is 4.75. The maximum Gasteiger partial charge on any atom is 0.146 e. The SMILES string of the molecule is CSc1cc2c(cn1)OCc1cc(OCC(C)CC(C)N)ccc1-2. The van der Waals surface area contributed by atoms with Crippen molar-refractivity contribution in [3.05, 3.63) is 36.0 Å². The Morgan fingerprint density at radius 2 is 2.12 bits per heavy atom. The number of hydrogen-bond acceptors (Lipinski definition) is 5. The minimum atomic E-state index is 0.205. The third-order valence-electron chi connectivity index (χ3n) is 4.11. The van der Waals surface area contributed by atoms with E-state index in [0.29, 0.717) is 19.1 Å². The van der Waals surface area contributed by atoms with Crippen LogP contribution in [0.4, 0.5) is 0 Å². The van der Waals surface area contributed by atoms with Crippen LogP contribution in [0, 0.1) is 5.92 Å². The molecule has 0 bridgehead atoms. The van der Waals surface area contributed by atoms with Gasteiger partial charge >= 0.3 is 0 Å². The van der Waals surface area contributed by atoms with Gasteiger partial charge in [0.2, 0.25) is 0 Å². The molecule has 0 fully saturated rings. The first kappa shape index (κ1) is 17.1. The van der Waals surface area contributed by atoms with E-state index in [9.17, 15) is 0 Å². The lowest BCUT2D eigenvalue weighted by Crippen LogP contribution is -2.21. The van der Waals surface area contributed by atoms with Crippen molar-refractivity contribution in [2.75, 3.05) is 12.9 Å². The average molecular weight is 344 g/mol. The van der Waals surface area contributed by atoms with Crippen molar-refractivity contribution in [1.29, 1.82) is 0 Å². The molecule has 0 saturated heterocycles. The van der Waals surface area contributed by atoms with Gasteiger partial charge in [0.05, 0.1) is 17.8 Å². The van der Waals surface area contributed by atoms with E-state index in [0.717, 1.165) is 34.1 Å². The lowest BCUT2D eigenvalue weighted by molar-refractivity contribution is 0.245. The maximum atomic E-state index is 5.94. The number of aromatic nitrogens is 1. The van der Waals surface area contributed by atoms with Gasteiger partial charge < -0.3 is 15.2 Å². The Bertz CT molecular complexity index is 719. The second kappa shape index (κ2) is 7.45. The van der Waals surface area contributed by atoms with Crippen LogP contribution in [0.25, 0.3) is 11.1 Å². The van der Waals surface area contributed by atoms with E-state index in [1.165, 1.54) is 5.56 Å². The van der Waals surface area contributed by atoms with Crippen LogP contribution < -0.4 is 15.2 Å².